The molecule has 0 unspecified atom stereocenters. The number of hydrogen-bond acceptors (Lipinski definition) is 4. The fourth-order valence-electron chi connectivity index (χ4n) is 2.51. The van der Waals surface area contributed by atoms with Crippen molar-refractivity contribution < 1.29 is 9.47 Å². The maximum atomic E-state index is 5.77. The summed E-state index contributed by atoms with van der Waals surface area (Å²) in [6.45, 7) is 4.85. The van der Waals surface area contributed by atoms with Crippen molar-refractivity contribution in [3.63, 3.8) is 0 Å². The van der Waals surface area contributed by atoms with Crippen LogP contribution in [0.25, 0.3) is 23.4 Å². The van der Waals surface area contributed by atoms with Crippen molar-refractivity contribution in [1.82, 2.24) is 4.98 Å². The molecule has 1 aromatic heterocycles. The second-order valence-electron chi connectivity index (χ2n) is 6.03. The van der Waals surface area contributed by atoms with Gasteiger partial charge in [-0.15, -0.1) is 11.3 Å². The number of rotatable bonds is 7. The van der Waals surface area contributed by atoms with E-state index < -0.39 is 0 Å². The highest BCUT2D eigenvalue weighted by atomic mass is 32.1. The summed E-state index contributed by atoms with van der Waals surface area (Å²) < 4.78 is 11.1. The van der Waals surface area contributed by atoms with Gasteiger partial charge in [0.1, 0.15) is 5.01 Å². The maximum absolute atomic E-state index is 5.77. The second-order valence-corrected chi connectivity index (χ2v) is 6.92. The van der Waals surface area contributed by atoms with Gasteiger partial charge in [-0.2, -0.15) is 0 Å². The lowest BCUT2D eigenvalue weighted by Gasteiger charge is -2.10. The fourth-order valence-corrected chi connectivity index (χ4v) is 3.23. The van der Waals surface area contributed by atoms with Crippen LogP contribution < -0.4 is 9.47 Å². The van der Waals surface area contributed by atoms with Gasteiger partial charge in [0.25, 0.3) is 0 Å². The van der Waals surface area contributed by atoms with Crippen LogP contribution in [-0.4, -0.2) is 18.7 Å². The first-order chi connectivity index (χ1) is 12.7. The van der Waals surface area contributed by atoms with E-state index in [-0.39, 0.29) is 0 Å². The molecule has 0 spiro atoms. The molecule has 134 valence electrons. The van der Waals surface area contributed by atoms with Crippen LogP contribution in [-0.2, 0) is 0 Å². The van der Waals surface area contributed by atoms with Crippen LogP contribution in [0.4, 0.5) is 0 Å². The fraction of sp³-hybridized carbons (Fsp3) is 0.227. The Bertz CT molecular complexity index is 881. The van der Waals surface area contributed by atoms with Gasteiger partial charge < -0.3 is 9.47 Å². The van der Waals surface area contributed by atoms with Gasteiger partial charge in [-0.25, -0.2) is 4.98 Å². The summed E-state index contributed by atoms with van der Waals surface area (Å²) in [6.07, 6.45) is 5.05. The van der Waals surface area contributed by atoms with Gasteiger partial charge in [-0.3, -0.25) is 0 Å². The van der Waals surface area contributed by atoms with E-state index in [1.807, 2.05) is 24.3 Å². The third-order valence-corrected chi connectivity index (χ3v) is 4.75. The van der Waals surface area contributed by atoms with E-state index in [1.165, 1.54) is 5.56 Å². The summed E-state index contributed by atoms with van der Waals surface area (Å²) in [5.41, 5.74) is 4.47. The van der Waals surface area contributed by atoms with Crippen LogP contribution in [0, 0.1) is 6.92 Å². The van der Waals surface area contributed by atoms with Gasteiger partial charge in [0.05, 0.1) is 19.4 Å². The summed E-state index contributed by atoms with van der Waals surface area (Å²) >= 11 is 1.64. The van der Waals surface area contributed by atoms with Crippen molar-refractivity contribution in [3.05, 3.63) is 64.0 Å². The zero-order chi connectivity index (χ0) is 18.4. The molecular weight excluding hydrogens is 342 g/mol. The predicted molar refractivity (Wildman–Crippen MR) is 110 cm³/mol. The molecule has 4 heteroatoms. The third-order valence-electron chi connectivity index (χ3n) is 3.94. The molecule has 26 heavy (non-hydrogen) atoms. The Morgan fingerprint density at radius 2 is 1.85 bits per heavy atom. The van der Waals surface area contributed by atoms with Crippen molar-refractivity contribution >= 4 is 23.5 Å². The van der Waals surface area contributed by atoms with Gasteiger partial charge in [0.15, 0.2) is 11.5 Å². The molecular formula is C22H23NO2S. The Labute approximate surface area is 158 Å². The van der Waals surface area contributed by atoms with Gasteiger partial charge in [-0.1, -0.05) is 48.9 Å². The van der Waals surface area contributed by atoms with E-state index in [1.54, 1.807) is 18.4 Å². The monoisotopic (exact) mass is 365 g/mol. The lowest BCUT2D eigenvalue weighted by atomic mass is 10.1. The van der Waals surface area contributed by atoms with Crippen LogP contribution in [0.15, 0.2) is 47.8 Å². The Morgan fingerprint density at radius 3 is 2.58 bits per heavy atom. The molecule has 0 amide bonds. The molecule has 0 N–H and O–H groups in total. The van der Waals surface area contributed by atoms with E-state index in [4.69, 9.17) is 14.5 Å². The summed E-state index contributed by atoms with van der Waals surface area (Å²) in [5, 5.41) is 3.07. The molecule has 3 rings (SSSR count). The van der Waals surface area contributed by atoms with Crippen LogP contribution in [0.1, 0.15) is 29.5 Å². The zero-order valence-corrected chi connectivity index (χ0v) is 16.2. The maximum Gasteiger partial charge on any atom is 0.161 e. The van der Waals surface area contributed by atoms with E-state index in [9.17, 15) is 0 Å². The van der Waals surface area contributed by atoms with Gasteiger partial charge in [0.2, 0.25) is 0 Å². The molecule has 0 aliphatic carbocycles. The number of nitrogens with zero attached hydrogens (tertiary/aromatic N) is 1. The first kappa shape index (κ1) is 18.2. The lowest BCUT2D eigenvalue weighted by molar-refractivity contribution is 0.294. The lowest BCUT2D eigenvalue weighted by Crippen LogP contribution is -1.97. The normalized spacial score (nSPS) is 11.0. The average Bonchev–Trinajstić information content (AvgIpc) is 3.14. The minimum atomic E-state index is 0.677. The van der Waals surface area contributed by atoms with Crippen molar-refractivity contribution in [2.45, 2.75) is 20.3 Å². The molecule has 0 aliphatic rings. The molecule has 0 atom stereocenters. The van der Waals surface area contributed by atoms with Crippen molar-refractivity contribution in [1.29, 1.82) is 0 Å². The Balaban J connectivity index is 1.76. The van der Waals surface area contributed by atoms with Crippen LogP contribution in [0.5, 0.6) is 11.5 Å². The summed E-state index contributed by atoms with van der Waals surface area (Å²) in [5.74, 6) is 1.53. The molecule has 0 fully saturated rings. The molecule has 0 bridgehead atoms. The highest BCUT2D eigenvalue weighted by Gasteiger charge is 2.05. The van der Waals surface area contributed by atoms with Crippen molar-refractivity contribution in [3.8, 4) is 22.8 Å². The van der Waals surface area contributed by atoms with Gasteiger partial charge in [0, 0.05) is 10.9 Å². The number of thiazole rings is 1. The molecule has 0 saturated carbocycles. The topological polar surface area (TPSA) is 31.4 Å². The Hall–Kier alpha value is -2.59. The van der Waals surface area contributed by atoms with Crippen molar-refractivity contribution in [2.75, 3.05) is 13.7 Å². The minimum Gasteiger partial charge on any atom is -0.493 e. The highest BCUT2D eigenvalue weighted by Crippen LogP contribution is 2.29. The smallest absolute Gasteiger partial charge is 0.161 e. The molecule has 1 heterocycles. The minimum absolute atomic E-state index is 0.677. The predicted octanol–water partition coefficient (Wildman–Crippen LogP) is 6.09. The standard InChI is InChI=1S/C22H23NO2S/c1-4-13-25-21-14-17(7-11-20(21)24-3)8-12-22-23-19(15-26-22)18-9-5-16(2)6-10-18/h5-12,14-15H,4,13H2,1-3H3/b12-8+. The number of hydrogen-bond donors (Lipinski definition) is 0. The summed E-state index contributed by atoms with van der Waals surface area (Å²) in [6, 6.07) is 14.4. The Kier molecular flexibility index (Phi) is 6.08. The van der Waals surface area contributed by atoms with Crippen LogP contribution in [0.2, 0.25) is 0 Å². The summed E-state index contributed by atoms with van der Waals surface area (Å²) in [7, 11) is 1.66. The first-order valence-electron chi connectivity index (χ1n) is 8.71. The molecule has 0 aliphatic heterocycles. The largest absolute Gasteiger partial charge is 0.493 e. The number of benzene rings is 2. The Morgan fingerprint density at radius 1 is 1.04 bits per heavy atom. The zero-order valence-electron chi connectivity index (χ0n) is 15.4. The van der Waals surface area contributed by atoms with E-state index in [2.05, 4.69) is 49.6 Å². The van der Waals surface area contributed by atoms with Gasteiger partial charge >= 0.3 is 0 Å². The van der Waals surface area contributed by atoms with Crippen LogP contribution in [0.3, 0.4) is 0 Å². The average molecular weight is 365 g/mol. The molecule has 3 aromatic rings. The van der Waals surface area contributed by atoms with E-state index in [0.29, 0.717) is 6.61 Å². The number of aryl methyl sites for hydroxylation is 1. The number of aromatic nitrogens is 1. The van der Waals surface area contributed by atoms with Gasteiger partial charge in [-0.05, 0) is 37.1 Å². The highest BCUT2D eigenvalue weighted by molar-refractivity contribution is 7.10. The van der Waals surface area contributed by atoms with Crippen molar-refractivity contribution in [2.24, 2.45) is 0 Å². The summed E-state index contributed by atoms with van der Waals surface area (Å²) in [4.78, 5) is 4.71. The molecule has 2 aromatic carbocycles. The second kappa shape index (κ2) is 8.68. The molecule has 0 radical (unpaired) electrons. The number of methoxy groups -OCH3 is 1. The third kappa shape index (κ3) is 4.52. The first-order valence-corrected chi connectivity index (χ1v) is 9.59. The molecule has 3 nitrogen and oxygen atoms in total. The quantitative estimate of drug-likeness (QED) is 0.508. The van der Waals surface area contributed by atoms with E-state index >= 15 is 0 Å². The number of ether oxygens (including phenoxy) is 2. The van der Waals surface area contributed by atoms with E-state index in [0.717, 1.165) is 39.7 Å². The molecule has 0 saturated heterocycles. The SMILES string of the molecule is CCCOc1cc(/C=C/c2nc(-c3ccc(C)cc3)cs2)ccc1OC. The van der Waals surface area contributed by atoms with Crippen LogP contribution >= 0.6 is 11.3 Å².